The van der Waals surface area contributed by atoms with Crippen LogP contribution in [-0.4, -0.2) is 69.8 Å². The van der Waals surface area contributed by atoms with Crippen LogP contribution in [0.1, 0.15) is 34.5 Å². The third-order valence-electron chi connectivity index (χ3n) is 6.78. The van der Waals surface area contributed by atoms with Crippen LogP contribution in [0.5, 0.6) is 11.5 Å². The third kappa shape index (κ3) is 7.32. The number of likely N-dealkylation sites (tertiary alicyclic amines) is 1. The Labute approximate surface area is 229 Å². The number of hydrogen-bond acceptors (Lipinski definition) is 7. The van der Waals surface area contributed by atoms with Gasteiger partial charge >= 0.3 is 0 Å². The molecule has 2 aromatic carbocycles. The van der Waals surface area contributed by atoms with Crippen molar-refractivity contribution in [1.29, 1.82) is 0 Å². The fourth-order valence-electron chi connectivity index (χ4n) is 4.45. The molecule has 202 valence electrons. The first-order valence-electron chi connectivity index (χ1n) is 12.7. The second kappa shape index (κ2) is 13.2. The molecule has 0 atom stereocenters. The first kappa shape index (κ1) is 28.0. The van der Waals surface area contributed by atoms with Crippen LogP contribution < -0.4 is 9.47 Å². The van der Waals surface area contributed by atoms with Crippen molar-refractivity contribution >= 4 is 33.2 Å². The number of benzene rings is 2. The minimum atomic E-state index is -3.54. The van der Waals surface area contributed by atoms with Crippen LogP contribution in [0.2, 0.25) is 0 Å². The number of methoxy groups -OCH3 is 1. The molecule has 0 radical (unpaired) electrons. The summed E-state index contributed by atoms with van der Waals surface area (Å²) < 4.78 is 38.6. The highest BCUT2D eigenvalue weighted by Crippen LogP contribution is 2.24. The average molecular weight is 555 g/mol. The Balaban J connectivity index is 1.16. The topological polar surface area (TPSA) is 76.2 Å². The zero-order chi connectivity index (χ0) is 27.0. The van der Waals surface area contributed by atoms with E-state index in [1.165, 1.54) is 4.31 Å². The number of nitrogens with zero attached hydrogens (tertiary/aromatic N) is 2. The molecule has 0 amide bonds. The fraction of sp³-hybridized carbons (Fsp3) is 0.345. The number of rotatable bonds is 12. The predicted octanol–water partition coefficient (Wildman–Crippen LogP) is 5.21. The van der Waals surface area contributed by atoms with Gasteiger partial charge in [-0.05, 0) is 104 Å². The molecule has 9 heteroatoms. The SMILES string of the molecule is COc1ccc(S(=O)(=O)N(C)C2CCN(CCCOc3ccc(C(=O)C=Cc4cccs4)cc3)CC2)cc1. The lowest BCUT2D eigenvalue weighted by Crippen LogP contribution is -2.45. The fourth-order valence-corrected chi connectivity index (χ4v) is 6.48. The van der Waals surface area contributed by atoms with Crippen LogP contribution in [0.15, 0.2) is 77.0 Å². The number of sulfonamides is 1. The number of piperidine rings is 1. The molecule has 0 N–H and O–H groups in total. The Bertz CT molecular complexity index is 1300. The highest BCUT2D eigenvalue weighted by molar-refractivity contribution is 7.89. The monoisotopic (exact) mass is 554 g/mol. The van der Waals surface area contributed by atoms with Crippen molar-refractivity contribution in [1.82, 2.24) is 9.21 Å². The van der Waals surface area contributed by atoms with Crippen molar-refractivity contribution in [3.8, 4) is 11.5 Å². The number of carbonyl (C=O) groups is 1. The van der Waals surface area contributed by atoms with Crippen LogP contribution in [0, 0.1) is 0 Å². The van der Waals surface area contributed by atoms with E-state index in [4.69, 9.17) is 9.47 Å². The standard InChI is InChI=1S/C29H34N2O5S2/c1-30(38(33,34)28-13-10-25(35-2)11-14-28)24-16-19-31(20-17-24)18-4-21-36-26-8-6-23(7-9-26)29(32)15-12-27-5-3-22-37-27/h3,5-15,22,24H,4,16-21H2,1-2H3. The van der Waals surface area contributed by atoms with Crippen molar-refractivity contribution in [3.63, 3.8) is 0 Å². The highest BCUT2D eigenvalue weighted by Gasteiger charge is 2.30. The Kier molecular flexibility index (Phi) is 9.74. The zero-order valence-corrected chi connectivity index (χ0v) is 23.4. The molecule has 0 unspecified atom stereocenters. The van der Waals surface area contributed by atoms with Gasteiger partial charge in [-0.3, -0.25) is 4.79 Å². The van der Waals surface area contributed by atoms with E-state index in [9.17, 15) is 13.2 Å². The Morgan fingerprint density at radius 3 is 2.37 bits per heavy atom. The number of thiophene rings is 1. The minimum Gasteiger partial charge on any atom is -0.497 e. The van der Waals surface area contributed by atoms with Crippen molar-refractivity contribution < 1.29 is 22.7 Å². The van der Waals surface area contributed by atoms with Crippen molar-refractivity contribution in [3.05, 3.63) is 82.6 Å². The van der Waals surface area contributed by atoms with E-state index in [0.717, 1.165) is 49.5 Å². The van der Waals surface area contributed by atoms with Crippen LogP contribution in [0.3, 0.4) is 0 Å². The minimum absolute atomic E-state index is 0.0176. The molecule has 3 aromatic rings. The molecule has 1 aliphatic heterocycles. The van der Waals surface area contributed by atoms with E-state index in [2.05, 4.69) is 4.90 Å². The van der Waals surface area contributed by atoms with Gasteiger partial charge in [0.2, 0.25) is 10.0 Å². The summed E-state index contributed by atoms with van der Waals surface area (Å²) in [6.07, 6.45) is 5.89. The number of ketones is 1. The molecule has 38 heavy (non-hydrogen) atoms. The van der Waals surface area contributed by atoms with Crippen LogP contribution >= 0.6 is 11.3 Å². The van der Waals surface area contributed by atoms with Crippen LogP contribution in [0.4, 0.5) is 0 Å². The van der Waals surface area contributed by atoms with Gasteiger partial charge in [0.15, 0.2) is 5.78 Å². The Hall–Kier alpha value is -2.98. The lowest BCUT2D eigenvalue weighted by Gasteiger charge is -2.36. The van der Waals surface area contributed by atoms with Gasteiger partial charge in [-0.15, -0.1) is 11.3 Å². The van der Waals surface area contributed by atoms with E-state index in [1.807, 2.05) is 35.7 Å². The molecule has 0 bridgehead atoms. The maximum atomic E-state index is 13.0. The van der Waals surface area contributed by atoms with Gasteiger partial charge in [-0.25, -0.2) is 8.42 Å². The summed E-state index contributed by atoms with van der Waals surface area (Å²) in [4.78, 5) is 16.0. The normalized spacial score (nSPS) is 15.2. The largest absolute Gasteiger partial charge is 0.497 e. The molecular formula is C29H34N2O5S2. The van der Waals surface area contributed by atoms with Gasteiger partial charge in [0.1, 0.15) is 11.5 Å². The molecule has 1 aliphatic rings. The first-order chi connectivity index (χ1) is 18.4. The molecule has 7 nitrogen and oxygen atoms in total. The second-order valence-corrected chi connectivity index (χ2v) is 12.2. The molecule has 2 heterocycles. The van der Waals surface area contributed by atoms with Gasteiger partial charge in [-0.2, -0.15) is 4.31 Å². The van der Waals surface area contributed by atoms with E-state index in [0.29, 0.717) is 17.9 Å². The molecule has 0 spiro atoms. The zero-order valence-electron chi connectivity index (χ0n) is 21.8. The molecule has 1 saturated heterocycles. The second-order valence-electron chi connectivity index (χ2n) is 9.21. The molecular weight excluding hydrogens is 520 g/mol. The van der Waals surface area contributed by atoms with Gasteiger partial charge in [0, 0.05) is 30.1 Å². The molecule has 4 rings (SSSR count). The lowest BCUT2D eigenvalue weighted by molar-refractivity contribution is 0.104. The molecule has 1 fully saturated rings. The molecule has 0 aliphatic carbocycles. The number of carbonyl (C=O) groups excluding carboxylic acids is 1. The maximum Gasteiger partial charge on any atom is 0.243 e. The maximum absolute atomic E-state index is 13.0. The van der Waals surface area contributed by atoms with E-state index in [1.54, 1.807) is 68.0 Å². The first-order valence-corrected chi connectivity index (χ1v) is 15.0. The van der Waals surface area contributed by atoms with Gasteiger partial charge < -0.3 is 14.4 Å². The van der Waals surface area contributed by atoms with Crippen molar-refractivity contribution in [2.45, 2.75) is 30.2 Å². The Morgan fingerprint density at radius 2 is 1.74 bits per heavy atom. The lowest BCUT2D eigenvalue weighted by atomic mass is 10.1. The number of allylic oxidation sites excluding steroid dienone is 1. The summed E-state index contributed by atoms with van der Waals surface area (Å²) in [5.74, 6) is 1.34. The van der Waals surface area contributed by atoms with E-state index < -0.39 is 10.0 Å². The number of hydrogen-bond donors (Lipinski definition) is 0. The quantitative estimate of drug-likeness (QED) is 0.174. The van der Waals surface area contributed by atoms with Gasteiger partial charge in [-0.1, -0.05) is 6.07 Å². The summed E-state index contributed by atoms with van der Waals surface area (Å²) in [7, 11) is -0.308. The average Bonchev–Trinajstić information content (AvgIpc) is 3.48. The van der Waals surface area contributed by atoms with Crippen molar-refractivity contribution in [2.75, 3.05) is 40.4 Å². The summed E-state index contributed by atoms with van der Waals surface area (Å²) in [6, 6.07) is 17.7. The highest BCUT2D eigenvalue weighted by atomic mass is 32.2. The summed E-state index contributed by atoms with van der Waals surface area (Å²) in [5, 5.41) is 1.98. The Morgan fingerprint density at radius 1 is 1.05 bits per heavy atom. The van der Waals surface area contributed by atoms with Crippen LogP contribution in [-0.2, 0) is 10.0 Å². The summed E-state index contributed by atoms with van der Waals surface area (Å²) in [5.41, 5.74) is 0.631. The number of ether oxygens (including phenoxy) is 2. The summed E-state index contributed by atoms with van der Waals surface area (Å²) >= 11 is 1.59. The van der Waals surface area contributed by atoms with E-state index in [-0.39, 0.29) is 16.7 Å². The molecule has 1 aromatic heterocycles. The smallest absolute Gasteiger partial charge is 0.243 e. The predicted molar refractivity (Wildman–Crippen MR) is 152 cm³/mol. The van der Waals surface area contributed by atoms with Crippen molar-refractivity contribution in [2.24, 2.45) is 0 Å². The van der Waals surface area contributed by atoms with Crippen LogP contribution in [0.25, 0.3) is 6.08 Å². The summed E-state index contributed by atoms with van der Waals surface area (Å²) in [6.45, 7) is 3.18. The van der Waals surface area contributed by atoms with Gasteiger partial charge in [0.05, 0.1) is 18.6 Å². The molecule has 0 saturated carbocycles. The van der Waals surface area contributed by atoms with Gasteiger partial charge in [0.25, 0.3) is 0 Å². The van der Waals surface area contributed by atoms with E-state index >= 15 is 0 Å². The third-order valence-corrected chi connectivity index (χ3v) is 9.54.